The number of rotatable bonds is 8. The van der Waals surface area contributed by atoms with Gasteiger partial charge in [-0.25, -0.2) is 0 Å². The number of unbranched alkanes of at least 4 members (excludes halogenated alkanes) is 2. The third-order valence-corrected chi connectivity index (χ3v) is 3.87. The van der Waals surface area contributed by atoms with Crippen molar-refractivity contribution in [2.45, 2.75) is 77.2 Å². The normalized spacial score (nSPS) is 18.6. The van der Waals surface area contributed by atoms with E-state index < -0.39 is 0 Å². The fourth-order valence-electron chi connectivity index (χ4n) is 2.70. The molecular formula is C15H29NO2. The van der Waals surface area contributed by atoms with E-state index in [1.54, 1.807) is 0 Å². The molecule has 0 amide bonds. The van der Waals surface area contributed by atoms with Gasteiger partial charge in [0.1, 0.15) is 0 Å². The molecule has 0 aromatic heterocycles. The molecule has 0 saturated heterocycles. The summed E-state index contributed by atoms with van der Waals surface area (Å²) in [6.07, 6.45) is 10.6. The number of hydrogen-bond donors (Lipinski definition) is 1. The van der Waals surface area contributed by atoms with Crippen molar-refractivity contribution in [3.05, 3.63) is 0 Å². The third-order valence-electron chi connectivity index (χ3n) is 3.87. The zero-order valence-electron chi connectivity index (χ0n) is 12.1. The van der Waals surface area contributed by atoms with Crippen LogP contribution in [0.4, 0.5) is 0 Å². The summed E-state index contributed by atoms with van der Waals surface area (Å²) in [6.45, 7) is 5.79. The number of hydrogen-bond acceptors (Lipinski definition) is 3. The highest BCUT2D eigenvalue weighted by Crippen LogP contribution is 2.27. The zero-order chi connectivity index (χ0) is 13.3. The smallest absolute Gasteiger partial charge is 0.305 e. The molecule has 1 aliphatic carbocycles. The van der Waals surface area contributed by atoms with Crippen molar-refractivity contribution in [3.63, 3.8) is 0 Å². The van der Waals surface area contributed by atoms with E-state index in [-0.39, 0.29) is 5.97 Å². The van der Waals surface area contributed by atoms with Crippen molar-refractivity contribution in [2.75, 3.05) is 13.2 Å². The predicted octanol–water partition coefficient (Wildman–Crippen LogP) is 3.42. The van der Waals surface area contributed by atoms with Crippen molar-refractivity contribution in [2.24, 2.45) is 0 Å². The number of carbonyl (C=O) groups excluding carboxylic acids is 1. The van der Waals surface area contributed by atoms with Gasteiger partial charge in [-0.1, -0.05) is 25.7 Å². The summed E-state index contributed by atoms with van der Waals surface area (Å²) < 4.78 is 4.91. The molecule has 1 saturated carbocycles. The topological polar surface area (TPSA) is 38.3 Å². The molecule has 0 spiro atoms. The monoisotopic (exact) mass is 255 g/mol. The van der Waals surface area contributed by atoms with Crippen molar-refractivity contribution >= 4 is 5.97 Å². The first kappa shape index (κ1) is 15.5. The lowest BCUT2D eigenvalue weighted by atomic mass is 9.83. The van der Waals surface area contributed by atoms with Gasteiger partial charge in [0.15, 0.2) is 0 Å². The van der Waals surface area contributed by atoms with Gasteiger partial charge in [-0.15, -0.1) is 0 Å². The van der Waals surface area contributed by atoms with E-state index in [4.69, 9.17) is 4.74 Å². The molecule has 0 aromatic rings. The first-order chi connectivity index (χ1) is 8.66. The van der Waals surface area contributed by atoms with Crippen LogP contribution >= 0.6 is 0 Å². The Morgan fingerprint density at radius 1 is 1.17 bits per heavy atom. The highest BCUT2D eigenvalue weighted by molar-refractivity contribution is 5.69. The standard InChI is InChI=1S/C15H29NO2/c1-3-18-14(17)10-6-4-9-13-16-15(2)11-7-5-8-12-15/h16H,3-13H2,1-2H3. The number of ether oxygens (including phenoxy) is 1. The summed E-state index contributed by atoms with van der Waals surface area (Å²) in [5.41, 5.74) is 0.374. The molecule has 0 aliphatic heterocycles. The molecule has 0 aromatic carbocycles. The van der Waals surface area contributed by atoms with Crippen molar-refractivity contribution in [1.82, 2.24) is 5.32 Å². The summed E-state index contributed by atoms with van der Waals surface area (Å²) >= 11 is 0. The molecule has 0 heterocycles. The molecule has 0 atom stereocenters. The van der Waals surface area contributed by atoms with Crippen LogP contribution in [0.15, 0.2) is 0 Å². The Morgan fingerprint density at radius 3 is 2.56 bits per heavy atom. The maximum atomic E-state index is 11.1. The summed E-state index contributed by atoms with van der Waals surface area (Å²) in [5, 5.41) is 3.70. The fourth-order valence-corrected chi connectivity index (χ4v) is 2.70. The second kappa shape index (κ2) is 8.52. The lowest BCUT2D eigenvalue weighted by Crippen LogP contribution is -2.44. The van der Waals surface area contributed by atoms with Crippen LogP contribution in [-0.4, -0.2) is 24.7 Å². The second-order valence-electron chi connectivity index (χ2n) is 5.66. The average molecular weight is 255 g/mol. The van der Waals surface area contributed by atoms with Gasteiger partial charge in [0, 0.05) is 12.0 Å². The lowest BCUT2D eigenvalue weighted by Gasteiger charge is -2.34. The van der Waals surface area contributed by atoms with Crippen LogP contribution in [0.5, 0.6) is 0 Å². The predicted molar refractivity (Wildman–Crippen MR) is 74.6 cm³/mol. The summed E-state index contributed by atoms with van der Waals surface area (Å²) in [7, 11) is 0. The Morgan fingerprint density at radius 2 is 1.89 bits per heavy atom. The Balaban J connectivity index is 1.96. The zero-order valence-corrected chi connectivity index (χ0v) is 12.1. The Kier molecular flexibility index (Phi) is 7.33. The first-order valence-corrected chi connectivity index (χ1v) is 7.57. The van der Waals surface area contributed by atoms with Crippen LogP contribution in [0.3, 0.4) is 0 Å². The molecular weight excluding hydrogens is 226 g/mol. The van der Waals surface area contributed by atoms with Gasteiger partial charge in [0.05, 0.1) is 6.61 Å². The highest BCUT2D eigenvalue weighted by Gasteiger charge is 2.25. The molecule has 0 bridgehead atoms. The minimum absolute atomic E-state index is 0.0512. The van der Waals surface area contributed by atoms with Crippen LogP contribution in [0.1, 0.15) is 71.6 Å². The summed E-state index contributed by atoms with van der Waals surface area (Å²) in [4.78, 5) is 11.1. The molecule has 1 aliphatic rings. The maximum Gasteiger partial charge on any atom is 0.305 e. The summed E-state index contributed by atoms with van der Waals surface area (Å²) in [6, 6.07) is 0. The third kappa shape index (κ3) is 6.39. The van der Waals surface area contributed by atoms with E-state index in [2.05, 4.69) is 12.2 Å². The average Bonchev–Trinajstić information content (AvgIpc) is 2.35. The number of esters is 1. The summed E-state index contributed by atoms with van der Waals surface area (Å²) in [5.74, 6) is -0.0512. The van der Waals surface area contributed by atoms with Gasteiger partial charge in [-0.2, -0.15) is 0 Å². The quantitative estimate of drug-likeness (QED) is 0.533. The largest absolute Gasteiger partial charge is 0.466 e. The van der Waals surface area contributed by atoms with Gasteiger partial charge < -0.3 is 10.1 Å². The van der Waals surface area contributed by atoms with E-state index >= 15 is 0 Å². The molecule has 1 rings (SSSR count). The molecule has 3 heteroatoms. The van der Waals surface area contributed by atoms with Crippen LogP contribution in [0, 0.1) is 0 Å². The molecule has 0 unspecified atom stereocenters. The van der Waals surface area contributed by atoms with Crippen LogP contribution in [0.25, 0.3) is 0 Å². The molecule has 3 nitrogen and oxygen atoms in total. The van der Waals surface area contributed by atoms with Gasteiger partial charge in [0.2, 0.25) is 0 Å². The first-order valence-electron chi connectivity index (χ1n) is 7.57. The van der Waals surface area contributed by atoms with Gasteiger partial charge in [-0.3, -0.25) is 4.79 Å². The van der Waals surface area contributed by atoms with Crippen LogP contribution in [0.2, 0.25) is 0 Å². The van der Waals surface area contributed by atoms with Crippen molar-refractivity contribution in [1.29, 1.82) is 0 Å². The second-order valence-corrected chi connectivity index (χ2v) is 5.66. The fraction of sp³-hybridized carbons (Fsp3) is 0.933. The van der Waals surface area contributed by atoms with Crippen molar-refractivity contribution < 1.29 is 9.53 Å². The van der Waals surface area contributed by atoms with E-state index in [1.807, 2.05) is 6.92 Å². The van der Waals surface area contributed by atoms with E-state index in [0.717, 1.165) is 25.8 Å². The number of nitrogens with one attached hydrogen (secondary N) is 1. The highest BCUT2D eigenvalue weighted by atomic mass is 16.5. The van der Waals surface area contributed by atoms with E-state index in [0.29, 0.717) is 18.6 Å². The minimum Gasteiger partial charge on any atom is -0.466 e. The van der Waals surface area contributed by atoms with Gasteiger partial charge in [-0.05, 0) is 46.1 Å². The maximum absolute atomic E-state index is 11.1. The van der Waals surface area contributed by atoms with Crippen molar-refractivity contribution in [3.8, 4) is 0 Å². The Hall–Kier alpha value is -0.570. The molecule has 0 radical (unpaired) electrons. The Bertz CT molecular complexity index is 235. The number of carbonyl (C=O) groups is 1. The van der Waals surface area contributed by atoms with E-state index in [1.165, 1.54) is 32.1 Å². The molecule has 1 fully saturated rings. The minimum atomic E-state index is -0.0512. The van der Waals surface area contributed by atoms with Crippen LogP contribution in [-0.2, 0) is 9.53 Å². The molecule has 18 heavy (non-hydrogen) atoms. The van der Waals surface area contributed by atoms with Gasteiger partial charge in [0.25, 0.3) is 0 Å². The Labute approximate surface area is 112 Å². The molecule has 1 N–H and O–H groups in total. The van der Waals surface area contributed by atoms with Gasteiger partial charge >= 0.3 is 5.97 Å². The molecule has 106 valence electrons. The SMILES string of the molecule is CCOC(=O)CCCCCNC1(C)CCCCC1. The van der Waals surface area contributed by atoms with E-state index in [9.17, 15) is 4.79 Å². The lowest BCUT2D eigenvalue weighted by molar-refractivity contribution is -0.143. The van der Waals surface area contributed by atoms with Crippen LogP contribution < -0.4 is 5.32 Å².